The molecule has 0 aromatic heterocycles. The monoisotopic (exact) mass is 331 g/mol. The molecule has 24 heavy (non-hydrogen) atoms. The van der Waals surface area contributed by atoms with Gasteiger partial charge in [-0.05, 0) is 24.1 Å². The molecule has 1 N–H and O–H groups in total. The van der Waals surface area contributed by atoms with Crippen molar-refractivity contribution in [3.05, 3.63) is 23.8 Å². The topological polar surface area (TPSA) is 91.7 Å². The lowest BCUT2D eigenvalue weighted by Crippen LogP contribution is -2.33. The summed E-state index contributed by atoms with van der Waals surface area (Å²) in [5, 5.41) is 11.0. The molecule has 1 aliphatic heterocycles. The van der Waals surface area contributed by atoms with E-state index >= 15 is 0 Å². The Balaban J connectivity index is 1.91. The Labute approximate surface area is 141 Å². The van der Waals surface area contributed by atoms with Crippen LogP contribution in [-0.4, -0.2) is 50.6 Å². The number of nitriles is 1. The van der Waals surface area contributed by atoms with Gasteiger partial charge >= 0.3 is 0 Å². The van der Waals surface area contributed by atoms with Gasteiger partial charge in [0.1, 0.15) is 6.54 Å². The number of carbonyl (C=O) groups is 2. The van der Waals surface area contributed by atoms with Crippen LogP contribution in [0.4, 0.5) is 0 Å². The van der Waals surface area contributed by atoms with E-state index in [1.165, 1.54) is 0 Å². The van der Waals surface area contributed by atoms with E-state index in [1.54, 1.807) is 19.1 Å². The average molecular weight is 331 g/mol. The van der Waals surface area contributed by atoms with E-state index in [0.717, 1.165) is 5.56 Å². The molecule has 128 valence electrons. The van der Waals surface area contributed by atoms with Crippen molar-refractivity contribution in [2.75, 3.05) is 33.9 Å². The zero-order valence-electron chi connectivity index (χ0n) is 13.9. The first-order valence-electron chi connectivity index (χ1n) is 7.72. The van der Waals surface area contributed by atoms with Crippen LogP contribution in [0, 0.1) is 17.2 Å². The molecule has 1 unspecified atom stereocenters. The van der Waals surface area contributed by atoms with E-state index in [-0.39, 0.29) is 30.7 Å². The third-order valence-corrected chi connectivity index (χ3v) is 4.05. The minimum atomic E-state index is -0.378. The van der Waals surface area contributed by atoms with Crippen molar-refractivity contribution in [1.82, 2.24) is 10.2 Å². The van der Waals surface area contributed by atoms with Crippen LogP contribution in [-0.2, 0) is 16.0 Å². The van der Waals surface area contributed by atoms with Crippen LogP contribution in [0.3, 0.4) is 0 Å². The molecule has 1 saturated heterocycles. The van der Waals surface area contributed by atoms with Gasteiger partial charge in [-0.25, -0.2) is 0 Å². The number of benzene rings is 1. The third-order valence-electron chi connectivity index (χ3n) is 4.05. The molecule has 1 atom stereocenters. The lowest BCUT2D eigenvalue weighted by atomic mass is 10.1. The van der Waals surface area contributed by atoms with E-state index < -0.39 is 0 Å². The first kappa shape index (κ1) is 17.6. The largest absolute Gasteiger partial charge is 0.493 e. The van der Waals surface area contributed by atoms with Gasteiger partial charge < -0.3 is 19.7 Å². The smallest absolute Gasteiger partial charge is 0.226 e. The summed E-state index contributed by atoms with van der Waals surface area (Å²) < 4.78 is 10.5. The second kappa shape index (κ2) is 8.20. The van der Waals surface area contributed by atoms with Crippen molar-refractivity contribution in [2.45, 2.75) is 12.8 Å². The van der Waals surface area contributed by atoms with E-state index in [1.807, 2.05) is 24.3 Å². The predicted molar refractivity (Wildman–Crippen MR) is 86.6 cm³/mol. The van der Waals surface area contributed by atoms with Gasteiger partial charge in [-0.1, -0.05) is 6.07 Å². The number of nitrogens with zero attached hydrogens (tertiary/aromatic N) is 2. The summed E-state index contributed by atoms with van der Waals surface area (Å²) in [6, 6.07) is 7.51. The third kappa shape index (κ3) is 4.16. The molecule has 1 aliphatic rings. The van der Waals surface area contributed by atoms with Gasteiger partial charge in [-0.15, -0.1) is 0 Å². The van der Waals surface area contributed by atoms with Crippen molar-refractivity contribution >= 4 is 11.8 Å². The number of hydrogen-bond donors (Lipinski definition) is 1. The summed E-state index contributed by atoms with van der Waals surface area (Å²) in [6.07, 6.45) is 0.863. The van der Waals surface area contributed by atoms with Crippen molar-refractivity contribution in [3.63, 3.8) is 0 Å². The molecule has 0 spiro atoms. The van der Waals surface area contributed by atoms with Crippen molar-refractivity contribution in [3.8, 4) is 17.6 Å². The van der Waals surface area contributed by atoms with Gasteiger partial charge in [-0.3, -0.25) is 9.59 Å². The molecule has 7 heteroatoms. The highest BCUT2D eigenvalue weighted by Gasteiger charge is 2.33. The number of nitrogens with one attached hydrogen (secondary N) is 1. The molecular formula is C17H21N3O4. The molecule has 1 heterocycles. The highest BCUT2D eigenvalue weighted by molar-refractivity contribution is 5.89. The van der Waals surface area contributed by atoms with E-state index in [4.69, 9.17) is 14.7 Å². The number of ether oxygens (including phenoxy) is 2. The summed E-state index contributed by atoms with van der Waals surface area (Å²) in [6.45, 7) is 0.898. The zero-order valence-corrected chi connectivity index (χ0v) is 13.9. The first-order valence-corrected chi connectivity index (χ1v) is 7.72. The molecule has 2 amide bonds. The van der Waals surface area contributed by atoms with Crippen molar-refractivity contribution in [2.24, 2.45) is 5.92 Å². The molecule has 0 saturated carbocycles. The lowest BCUT2D eigenvalue weighted by molar-refractivity contribution is -0.128. The number of carbonyl (C=O) groups excluding carboxylic acids is 2. The molecule has 0 bridgehead atoms. The Morgan fingerprint density at radius 1 is 1.38 bits per heavy atom. The Morgan fingerprint density at radius 3 is 2.79 bits per heavy atom. The number of hydrogen-bond acceptors (Lipinski definition) is 5. The van der Waals surface area contributed by atoms with E-state index in [9.17, 15) is 9.59 Å². The number of rotatable bonds is 7. The zero-order chi connectivity index (χ0) is 17.5. The SMILES string of the molecule is COc1ccc(CCN2CC(C(=O)NCC#N)CC2=O)cc1OC. The van der Waals surface area contributed by atoms with Crippen LogP contribution >= 0.6 is 0 Å². The molecule has 7 nitrogen and oxygen atoms in total. The van der Waals surface area contributed by atoms with Crippen LogP contribution in [0.2, 0.25) is 0 Å². The molecule has 0 aliphatic carbocycles. The Morgan fingerprint density at radius 2 is 2.12 bits per heavy atom. The second-order valence-electron chi connectivity index (χ2n) is 5.56. The maximum absolute atomic E-state index is 12.0. The van der Waals surface area contributed by atoms with Crippen LogP contribution in [0.25, 0.3) is 0 Å². The fraction of sp³-hybridized carbons (Fsp3) is 0.471. The summed E-state index contributed by atoms with van der Waals surface area (Å²) in [7, 11) is 3.16. The van der Waals surface area contributed by atoms with Gasteiger partial charge in [-0.2, -0.15) is 5.26 Å². The highest BCUT2D eigenvalue weighted by atomic mass is 16.5. The second-order valence-corrected chi connectivity index (χ2v) is 5.56. The molecule has 1 fully saturated rings. The maximum Gasteiger partial charge on any atom is 0.226 e. The summed E-state index contributed by atoms with van der Waals surface area (Å²) in [5.74, 6) is 0.659. The number of methoxy groups -OCH3 is 2. The van der Waals surface area contributed by atoms with E-state index in [0.29, 0.717) is 31.0 Å². The van der Waals surface area contributed by atoms with Crippen LogP contribution in [0.15, 0.2) is 18.2 Å². The molecule has 1 aromatic carbocycles. The summed E-state index contributed by atoms with van der Waals surface area (Å²) >= 11 is 0. The van der Waals surface area contributed by atoms with Gasteiger partial charge in [0.05, 0.1) is 26.2 Å². The molecule has 1 aromatic rings. The standard InChI is InChI=1S/C17H21N3O4/c1-23-14-4-3-12(9-15(14)24-2)5-8-20-11-13(10-16(20)21)17(22)19-7-6-18/h3-4,9,13H,5,7-8,10-11H2,1-2H3,(H,19,22). The molecular weight excluding hydrogens is 310 g/mol. The summed E-state index contributed by atoms with van der Waals surface area (Å²) in [4.78, 5) is 25.6. The minimum Gasteiger partial charge on any atom is -0.493 e. The number of amides is 2. The molecule has 0 radical (unpaired) electrons. The highest BCUT2D eigenvalue weighted by Crippen LogP contribution is 2.28. The molecule has 2 rings (SSSR count). The van der Waals surface area contributed by atoms with Crippen molar-refractivity contribution < 1.29 is 19.1 Å². The minimum absolute atomic E-state index is 0.0326. The van der Waals surface area contributed by atoms with Gasteiger partial charge in [0.15, 0.2) is 11.5 Å². The van der Waals surface area contributed by atoms with Gasteiger partial charge in [0, 0.05) is 19.5 Å². The average Bonchev–Trinajstić information content (AvgIpc) is 2.98. The normalized spacial score (nSPS) is 16.6. The van der Waals surface area contributed by atoms with Crippen LogP contribution < -0.4 is 14.8 Å². The quantitative estimate of drug-likeness (QED) is 0.744. The fourth-order valence-electron chi connectivity index (χ4n) is 2.74. The van der Waals surface area contributed by atoms with Gasteiger partial charge in [0.25, 0.3) is 0 Å². The van der Waals surface area contributed by atoms with Crippen LogP contribution in [0.5, 0.6) is 11.5 Å². The Bertz CT molecular complexity index is 654. The summed E-state index contributed by atoms with van der Waals surface area (Å²) in [5.41, 5.74) is 1.03. The Kier molecular flexibility index (Phi) is 6.01. The van der Waals surface area contributed by atoms with E-state index in [2.05, 4.69) is 5.32 Å². The number of likely N-dealkylation sites (tertiary alicyclic amines) is 1. The Hall–Kier alpha value is -2.75. The van der Waals surface area contributed by atoms with Gasteiger partial charge in [0.2, 0.25) is 11.8 Å². The maximum atomic E-state index is 12.0. The first-order chi connectivity index (χ1) is 11.6. The fourth-order valence-corrected chi connectivity index (χ4v) is 2.74. The van der Waals surface area contributed by atoms with Crippen LogP contribution in [0.1, 0.15) is 12.0 Å². The van der Waals surface area contributed by atoms with Crippen molar-refractivity contribution in [1.29, 1.82) is 5.26 Å². The lowest BCUT2D eigenvalue weighted by Gasteiger charge is -2.17. The predicted octanol–water partition coefficient (Wildman–Crippen LogP) is 0.735.